The second kappa shape index (κ2) is 6.64. The molecule has 26 heavy (non-hydrogen) atoms. The Labute approximate surface area is 152 Å². The van der Waals surface area contributed by atoms with Gasteiger partial charge in [-0.05, 0) is 46.5 Å². The van der Waals surface area contributed by atoms with Crippen molar-refractivity contribution < 1.29 is 14.3 Å². The van der Waals surface area contributed by atoms with E-state index in [9.17, 15) is 9.59 Å². The van der Waals surface area contributed by atoms with Crippen molar-refractivity contribution in [3.63, 3.8) is 0 Å². The molecular formula is C22H19NO3. The van der Waals surface area contributed by atoms with Gasteiger partial charge < -0.3 is 9.64 Å². The minimum Gasteiger partial charge on any atom is -0.465 e. The van der Waals surface area contributed by atoms with Crippen molar-refractivity contribution in [1.29, 1.82) is 0 Å². The number of anilines is 1. The number of hydrogen-bond donors (Lipinski definition) is 0. The highest BCUT2D eigenvalue weighted by Crippen LogP contribution is 2.30. The number of benzene rings is 3. The normalized spacial score (nSPS) is 12.9. The fourth-order valence-corrected chi connectivity index (χ4v) is 3.61. The Hall–Kier alpha value is -3.14. The third-order valence-electron chi connectivity index (χ3n) is 4.92. The summed E-state index contributed by atoms with van der Waals surface area (Å²) in [6.07, 6.45) is 1.11. The molecule has 0 N–H and O–H groups in total. The maximum absolute atomic E-state index is 12.9. The molecule has 1 aliphatic heterocycles. The summed E-state index contributed by atoms with van der Waals surface area (Å²) in [4.78, 5) is 26.4. The zero-order chi connectivity index (χ0) is 18.1. The molecule has 0 saturated carbocycles. The molecule has 0 radical (unpaired) electrons. The molecule has 3 aromatic rings. The van der Waals surface area contributed by atoms with E-state index in [1.54, 1.807) is 6.07 Å². The molecule has 0 saturated heterocycles. The fourth-order valence-electron chi connectivity index (χ4n) is 3.61. The first-order valence-electron chi connectivity index (χ1n) is 8.65. The molecule has 0 bridgehead atoms. The third-order valence-corrected chi connectivity index (χ3v) is 4.92. The predicted octanol–water partition coefficient (Wildman–Crippen LogP) is 3.76. The number of nitrogens with zero attached hydrogens (tertiary/aromatic N) is 1. The highest BCUT2D eigenvalue weighted by atomic mass is 16.5. The van der Waals surface area contributed by atoms with Gasteiger partial charge >= 0.3 is 5.97 Å². The van der Waals surface area contributed by atoms with Gasteiger partial charge in [-0.25, -0.2) is 4.79 Å². The van der Waals surface area contributed by atoms with Gasteiger partial charge in [0, 0.05) is 12.2 Å². The highest BCUT2D eigenvalue weighted by Gasteiger charge is 2.26. The summed E-state index contributed by atoms with van der Waals surface area (Å²) < 4.78 is 4.77. The van der Waals surface area contributed by atoms with Crippen LogP contribution in [0.2, 0.25) is 0 Å². The van der Waals surface area contributed by atoms with E-state index in [2.05, 4.69) is 18.2 Å². The largest absolute Gasteiger partial charge is 0.465 e. The Balaban J connectivity index is 1.60. The van der Waals surface area contributed by atoms with E-state index >= 15 is 0 Å². The van der Waals surface area contributed by atoms with E-state index in [1.165, 1.54) is 7.11 Å². The van der Waals surface area contributed by atoms with Crippen molar-refractivity contribution in [2.45, 2.75) is 12.8 Å². The number of rotatable bonds is 3. The molecule has 0 fully saturated rings. The van der Waals surface area contributed by atoms with E-state index in [4.69, 9.17) is 4.74 Å². The number of amides is 1. The average Bonchev–Trinajstić information content (AvgIpc) is 3.11. The van der Waals surface area contributed by atoms with Crippen molar-refractivity contribution in [3.8, 4) is 0 Å². The minimum atomic E-state index is -0.353. The summed E-state index contributed by atoms with van der Waals surface area (Å²) in [6, 6.07) is 19.6. The molecule has 4 rings (SSSR count). The van der Waals surface area contributed by atoms with Crippen molar-refractivity contribution >= 4 is 28.3 Å². The van der Waals surface area contributed by atoms with Crippen LogP contribution >= 0.6 is 0 Å². The topological polar surface area (TPSA) is 46.6 Å². The van der Waals surface area contributed by atoms with Crippen LogP contribution in [0.3, 0.4) is 0 Å². The molecule has 1 amide bonds. The monoisotopic (exact) mass is 345 g/mol. The van der Waals surface area contributed by atoms with Gasteiger partial charge in [-0.1, -0.05) is 42.5 Å². The van der Waals surface area contributed by atoms with Gasteiger partial charge in [-0.15, -0.1) is 0 Å². The van der Waals surface area contributed by atoms with Crippen LogP contribution < -0.4 is 4.90 Å². The Morgan fingerprint density at radius 2 is 1.85 bits per heavy atom. The predicted molar refractivity (Wildman–Crippen MR) is 101 cm³/mol. The summed E-state index contributed by atoms with van der Waals surface area (Å²) in [5.74, 6) is -0.278. The molecule has 1 aliphatic rings. The zero-order valence-corrected chi connectivity index (χ0v) is 14.6. The molecule has 130 valence electrons. The molecule has 1 heterocycles. The first-order chi connectivity index (χ1) is 12.7. The molecular weight excluding hydrogens is 326 g/mol. The van der Waals surface area contributed by atoms with Gasteiger partial charge in [-0.2, -0.15) is 0 Å². The van der Waals surface area contributed by atoms with Gasteiger partial charge in [-0.3, -0.25) is 4.79 Å². The Bertz CT molecular complexity index is 1000. The number of fused-ring (bicyclic) bond motifs is 2. The van der Waals surface area contributed by atoms with E-state index in [1.807, 2.05) is 41.3 Å². The first kappa shape index (κ1) is 16.3. The van der Waals surface area contributed by atoms with Crippen LogP contribution in [0.4, 0.5) is 5.69 Å². The van der Waals surface area contributed by atoms with E-state index in [0.29, 0.717) is 18.5 Å². The van der Waals surface area contributed by atoms with Crippen LogP contribution in [-0.4, -0.2) is 25.5 Å². The van der Waals surface area contributed by atoms with Crippen LogP contribution in [0, 0.1) is 0 Å². The standard InChI is InChI=1S/C22H19NO3/c1-26-22(25)18-9-10-20-17(13-18)11-12-23(20)21(24)14-16-7-4-6-15-5-2-3-8-19(15)16/h2-10,13H,11-12,14H2,1H3. The highest BCUT2D eigenvalue weighted by molar-refractivity contribution is 6.00. The third kappa shape index (κ3) is 2.84. The molecule has 0 spiro atoms. The van der Waals surface area contributed by atoms with E-state index < -0.39 is 0 Å². The maximum Gasteiger partial charge on any atom is 0.337 e. The summed E-state index contributed by atoms with van der Waals surface area (Å²) in [6.45, 7) is 0.642. The molecule has 0 aliphatic carbocycles. The van der Waals surface area contributed by atoms with Crippen LogP contribution in [0.1, 0.15) is 21.5 Å². The Morgan fingerprint density at radius 1 is 1.04 bits per heavy atom. The lowest BCUT2D eigenvalue weighted by atomic mass is 10.0. The molecule has 4 nitrogen and oxygen atoms in total. The zero-order valence-electron chi connectivity index (χ0n) is 14.6. The number of carbonyl (C=O) groups is 2. The van der Waals surface area contributed by atoms with Gasteiger partial charge in [0.15, 0.2) is 0 Å². The van der Waals surface area contributed by atoms with Crippen LogP contribution in [0.25, 0.3) is 10.8 Å². The Kier molecular flexibility index (Phi) is 4.17. The minimum absolute atomic E-state index is 0.0749. The van der Waals surface area contributed by atoms with Crippen molar-refractivity contribution in [1.82, 2.24) is 0 Å². The second-order valence-corrected chi connectivity index (χ2v) is 6.45. The number of ether oxygens (including phenoxy) is 1. The Morgan fingerprint density at radius 3 is 2.69 bits per heavy atom. The van der Waals surface area contributed by atoms with Gasteiger partial charge in [0.1, 0.15) is 0 Å². The number of carbonyl (C=O) groups excluding carboxylic acids is 2. The molecule has 0 unspecified atom stereocenters. The van der Waals surface area contributed by atoms with E-state index in [-0.39, 0.29) is 11.9 Å². The number of methoxy groups -OCH3 is 1. The SMILES string of the molecule is COC(=O)c1ccc2c(c1)CCN2C(=O)Cc1cccc2ccccc12. The van der Waals surface area contributed by atoms with Gasteiger partial charge in [0.2, 0.25) is 5.91 Å². The van der Waals surface area contributed by atoms with Crippen LogP contribution in [0.5, 0.6) is 0 Å². The quantitative estimate of drug-likeness (QED) is 0.679. The number of hydrogen-bond acceptors (Lipinski definition) is 3. The summed E-state index contributed by atoms with van der Waals surface area (Å²) >= 11 is 0. The van der Waals surface area contributed by atoms with Crippen molar-refractivity contribution in [3.05, 3.63) is 77.4 Å². The summed E-state index contributed by atoms with van der Waals surface area (Å²) in [5, 5.41) is 2.26. The second-order valence-electron chi connectivity index (χ2n) is 6.45. The molecule has 0 aromatic heterocycles. The fraction of sp³-hybridized carbons (Fsp3) is 0.182. The lowest BCUT2D eigenvalue weighted by molar-refractivity contribution is -0.117. The summed E-state index contributed by atoms with van der Waals surface area (Å²) in [5.41, 5.74) is 3.46. The smallest absolute Gasteiger partial charge is 0.337 e. The first-order valence-corrected chi connectivity index (χ1v) is 8.65. The lowest BCUT2D eigenvalue weighted by Crippen LogP contribution is -2.30. The van der Waals surface area contributed by atoms with Gasteiger partial charge in [0.05, 0.1) is 19.1 Å². The van der Waals surface area contributed by atoms with Gasteiger partial charge in [0.25, 0.3) is 0 Å². The molecule has 4 heteroatoms. The maximum atomic E-state index is 12.9. The van der Waals surface area contributed by atoms with Crippen LogP contribution in [0.15, 0.2) is 60.7 Å². The van der Waals surface area contributed by atoms with Crippen molar-refractivity contribution in [2.24, 2.45) is 0 Å². The summed E-state index contributed by atoms with van der Waals surface area (Å²) in [7, 11) is 1.37. The molecule has 3 aromatic carbocycles. The lowest BCUT2D eigenvalue weighted by Gasteiger charge is -2.18. The molecule has 0 atom stereocenters. The average molecular weight is 345 g/mol. The number of esters is 1. The van der Waals surface area contributed by atoms with E-state index in [0.717, 1.165) is 34.0 Å². The van der Waals surface area contributed by atoms with Crippen LogP contribution in [-0.2, 0) is 22.4 Å². The van der Waals surface area contributed by atoms with Crippen molar-refractivity contribution in [2.75, 3.05) is 18.6 Å².